The first-order valence-corrected chi connectivity index (χ1v) is 7.37. The van der Waals surface area contributed by atoms with E-state index >= 15 is 0 Å². The van der Waals surface area contributed by atoms with Gasteiger partial charge in [0.05, 0.1) is 5.02 Å². The largest absolute Gasteiger partial charge is 0.489 e. The van der Waals surface area contributed by atoms with E-state index in [-0.39, 0.29) is 6.61 Å². The van der Waals surface area contributed by atoms with Gasteiger partial charge in [-0.3, -0.25) is 0 Å². The Morgan fingerprint density at radius 1 is 1.19 bits per heavy atom. The molecule has 0 saturated heterocycles. The Kier molecular flexibility index (Phi) is 5.74. The molecule has 5 heteroatoms. The Bertz CT molecular complexity index is 605. The molecule has 0 saturated carbocycles. The van der Waals surface area contributed by atoms with Crippen molar-refractivity contribution in [3.8, 4) is 5.75 Å². The zero-order valence-electron chi connectivity index (χ0n) is 11.6. The minimum Gasteiger partial charge on any atom is -0.489 e. The van der Waals surface area contributed by atoms with Crippen LogP contribution in [-0.2, 0) is 0 Å². The van der Waals surface area contributed by atoms with Crippen molar-refractivity contribution in [2.75, 3.05) is 18.5 Å². The molecule has 0 radical (unpaired) electrons. The molecule has 1 atom stereocenters. The maximum absolute atomic E-state index is 9.96. The summed E-state index contributed by atoms with van der Waals surface area (Å²) in [6, 6.07) is 12.8. The smallest absolute Gasteiger partial charge is 0.138 e. The molecule has 112 valence electrons. The molecule has 0 bridgehead atoms. The minimum atomic E-state index is -0.653. The Labute approximate surface area is 134 Å². The maximum Gasteiger partial charge on any atom is 0.138 e. The average molecular weight is 326 g/mol. The highest BCUT2D eigenvalue weighted by Crippen LogP contribution is 2.23. The predicted octanol–water partition coefficient (Wildman–Crippen LogP) is 4.15. The van der Waals surface area contributed by atoms with Gasteiger partial charge in [0.2, 0.25) is 0 Å². The summed E-state index contributed by atoms with van der Waals surface area (Å²) in [5, 5.41) is 14.3. The van der Waals surface area contributed by atoms with Gasteiger partial charge in [-0.05, 0) is 36.8 Å². The SMILES string of the molecule is Cc1ccc(Cl)cc1NCC(O)COc1ccccc1Cl. The molecule has 2 aromatic rings. The van der Waals surface area contributed by atoms with Gasteiger partial charge >= 0.3 is 0 Å². The van der Waals surface area contributed by atoms with E-state index in [0.717, 1.165) is 11.3 Å². The second-order valence-electron chi connectivity index (χ2n) is 4.74. The summed E-state index contributed by atoms with van der Waals surface area (Å²) in [7, 11) is 0. The van der Waals surface area contributed by atoms with E-state index in [1.165, 1.54) is 0 Å². The third-order valence-electron chi connectivity index (χ3n) is 3.00. The van der Waals surface area contributed by atoms with Crippen LogP contribution in [0.3, 0.4) is 0 Å². The van der Waals surface area contributed by atoms with Gasteiger partial charge in [-0.15, -0.1) is 0 Å². The van der Waals surface area contributed by atoms with E-state index < -0.39 is 6.10 Å². The number of anilines is 1. The highest BCUT2D eigenvalue weighted by molar-refractivity contribution is 6.32. The molecule has 2 aromatic carbocycles. The van der Waals surface area contributed by atoms with Crippen LogP contribution in [0.15, 0.2) is 42.5 Å². The summed E-state index contributed by atoms with van der Waals surface area (Å²) < 4.78 is 5.49. The van der Waals surface area contributed by atoms with Gasteiger partial charge in [0.25, 0.3) is 0 Å². The summed E-state index contributed by atoms with van der Waals surface area (Å²) in [4.78, 5) is 0. The van der Waals surface area contributed by atoms with E-state index in [9.17, 15) is 5.11 Å². The van der Waals surface area contributed by atoms with Crippen LogP contribution < -0.4 is 10.1 Å². The van der Waals surface area contributed by atoms with Crippen molar-refractivity contribution in [3.63, 3.8) is 0 Å². The molecule has 0 aliphatic heterocycles. The number of rotatable bonds is 6. The number of ether oxygens (including phenoxy) is 1. The second-order valence-corrected chi connectivity index (χ2v) is 5.58. The van der Waals surface area contributed by atoms with Crippen LogP contribution in [0.5, 0.6) is 5.75 Å². The molecule has 0 aliphatic carbocycles. The fraction of sp³-hybridized carbons (Fsp3) is 0.250. The topological polar surface area (TPSA) is 41.5 Å². The maximum atomic E-state index is 9.96. The van der Waals surface area contributed by atoms with Crippen molar-refractivity contribution in [3.05, 3.63) is 58.1 Å². The number of nitrogens with one attached hydrogen (secondary N) is 1. The number of halogens is 2. The van der Waals surface area contributed by atoms with Crippen LogP contribution in [0.4, 0.5) is 5.69 Å². The van der Waals surface area contributed by atoms with Gasteiger partial charge in [-0.25, -0.2) is 0 Å². The third-order valence-corrected chi connectivity index (χ3v) is 3.54. The van der Waals surface area contributed by atoms with Crippen LogP contribution in [-0.4, -0.2) is 24.4 Å². The van der Waals surface area contributed by atoms with Crippen molar-refractivity contribution < 1.29 is 9.84 Å². The van der Waals surface area contributed by atoms with Crippen LogP contribution in [0, 0.1) is 6.92 Å². The van der Waals surface area contributed by atoms with Crippen molar-refractivity contribution in [2.45, 2.75) is 13.0 Å². The van der Waals surface area contributed by atoms with Gasteiger partial charge in [0, 0.05) is 17.3 Å². The number of aryl methyl sites for hydroxylation is 1. The fourth-order valence-corrected chi connectivity index (χ4v) is 2.18. The van der Waals surface area contributed by atoms with Gasteiger partial charge in [0.15, 0.2) is 0 Å². The van der Waals surface area contributed by atoms with Crippen LogP contribution in [0.1, 0.15) is 5.56 Å². The summed E-state index contributed by atoms with van der Waals surface area (Å²) in [5.74, 6) is 0.567. The Morgan fingerprint density at radius 2 is 1.95 bits per heavy atom. The lowest BCUT2D eigenvalue weighted by Crippen LogP contribution is -2.26. The second kappa shape index (κ2) is 7.55. The van der Waals surface area contributed by atoms with E-state index in [4.69, 9.17) is 27.9 Å². The Hall–Kier alpha value is -1.42. The van der Waals surface area contributed by atoms with E-state index in [2.05, 4.69) is 5.32 Å². The predicted molar refractivity (Wildman–Crippen MR) is 87.6 cm³/mol. The first kappa shape index (κ1) is 16.0. The van der Waals surface area contributed by atoms with Crippen LogP contribution in [0.2, 0.25) is 10.0 Å². The number of benzene rings is 2. The third kappa shape index (κ3) is 4.81. The lowest BCUT2D eigenvalue weighted by atomic mass is 10.2. The number of aliphatic hydroxyl groups excluding tert-OH is 1. The summed E-state index contributed by atoms with van der Waals surface area (Å²) in [6.07, 6.45) is -0.653. The number of para-hydroxylation sites is 1. The molecule has 21 heavy (non-hydrogen) atoms. The van der Waals surface area contributed by atoms with E-state index in [1.807, 2.05) is 37.3 Å². The van der Waals surface area contributed by atoms with Crippen molar-refractivity contribution in [1.29, 1.82) is 0 Å². The fourth-order valence-electron chi connectivity index (χ4n) is 1.82. The van der Waals surface area contributed by atoms with Crippen molar-refractivity contribution >= 4 is 28.9 Å². The summed E-state index contributed by atoms with van der Waals surface area (Å²) in [5.41, 5.74) is 1.97. The average Bonchev–Trinajstić information content (AvgIpc) is 2.47. The zero-order valence-corrected chi connectivity index (χ0v) is 13.2. The Balaban J connectivity index is 1.84. The lowest BCUT2D eigenvalue weighted by Gasteiger charge is -2.16. The number of aliphatic hydroxyl groups is 1. The van der Waals surface area contributed by atoms with Crippen LogP contribution in [0.25, 0.3) is 0 Å². The summed E-state index contributed by atoms with van der Waals surface area (Å²) in [6.45, 7) is 2.51. The molecule has 3 nitrogen and oxygen atoms in total. The van der Waals surface area contributed by atoms with Gasteiger partial charge < -0.3 is 15.2 Å². The number of hydrogen-bond acceptors (Lipinski definition) is 3. The normalized spacial score (nSPS) is 12.0. The van der Waals surface area contributed by atoms with Gasteiger partial charge in [-0.2, -0.15) is 0 Å². The lowest BCUT2D eigenvalue weighted by molar-refractivity contribution is 0.117. The van der Waals surface area contributed by atoms with Gasteiger partial charge in [0.1, 0.15) is 18.5 Å². The minimum absolute atomic E-state index is 0.163. The molecular formula is C16H17Cl2NO2. The molecule has 2 rings (SSSR count). The van der Waals surface area contributed by atoms with E-state index in [1.54, 1.807) is 12.1 Å². The molecule has 0 aliphatic rings. The Morgan fingerprint density at radius 3 is 2.71 bits per heavy atom. The molecule has 0 heterocycles. The molecule has 0 aromatic heterocycles. The highest BCUT2D eigenvalue weighted by Gasteiger charge is 2.08. The van der Waals surface area contributed by atoms with Gasteiger partial charge in [-0.1, -0.05) is 41.4 Å². The molecule has 0 spiro atoms. The van der Waals surface area contributed by atoms with Crippen molar-refractivity contribution in [2.24, 2.45) is 0 Å². The quantitative estimate of drug-likeness (QED) is 0.838. The van der Waals surface area contributed by atoms with Crippen LogP contribution >= 0.6 is 23.2 Å². The first-order valence-electron chi connectivity index (χ1n) is 6.61. The molecule has 2 N–H and O–H groups in total. The molecule has 0 amide bonds. The molecule has 1 unspecified atom stereocenters. The van der Waals surface area contributed by atoms with E-state index in [0.29, 0.717) is 22.3 Å². The summed E-state index contributed by atoms with van der Waals surface area (Å²) >= 11 is 11.9. The first-order chi connectivity index (χ1) is 10.1. The number of hydrogen-bond donors (Lipinski definition) is 2. The molecular weight excluding hydrogens is 309 g/mol. The highest BCUT2D eigenvalue weighted by atomic mass is 35.5. The standard InChI is InChI=1S/C16H17Cl2NO2/c1-11-6-7-12(17)8-15(11)19-9-13(20)10-21-16-5-3-2-4-14(16)18/h2-8,13,19-20H,9-10H2,1H3. The zero-order chi connectivity index (χ0) is 15.2. The van der Waals surface area contributed by atoms with Crippen molar-refractivity contribution in [1.82, 2.24) is 0 Å². The monoisotopic (exact) mass is 325 g/mol. The molecule has 0 fully saturated rings.